The summed E-state index contributed by atoms with van der Waals surface area (Å²) in [5.74, 6) is -0.204. The van der Waals surface area contributed by atoms with Gasteiger partial charge in [-0.1, -0.05) is 18.2 Å². The van der Waals surface area contributed by atoms with Gasteiger partial charge < -0.3 is 9.80 Å². The molecule has 6 nitrogen and oxygen atoms in total. The lowest BCUT2D eigenvalue weighted by atomic mass is 10.1. The Hall–Kier alpha value is -1.90. The molecule has 1 heterocycles. The molecule has 0 radical (unpaired) electrons. The highest BCUT2D eigenvalue weighted by molar-refractivity contribution is 9.10. The van der Waals surface area contributed by atoms with Gasteiger partial charge in [0.2, 0.25) is 10.0 Å². The first kappa shape index (κ1) is 17.9. The smallest absolute Gasteiger partial charge is 0.255 e. The zero-order valence-electron chi connectivity index (χ0n) is 13.4. The van der Waals surface area contributed by atoms with Crippen molar-refractivity contribution in [3.63, 3.8) is 0 Å². The molecule has 0 spiro atoms. The molecule has 1 amide bonds. The van der Waals surface area contributed by atoms with Gasteiger partial charge in [0.1, 0.15) is 0 Å². The average molecular weight is 424 g/mol. The molecule has 8 heteroatoms. The van der Waals surface area contributed by atoms with E-state index in [4.69, 9.17) is 5.14 Å². The van der Waals surface area contributed by atoms with Crippen LogP contribution in [0.2, 0.25) is 0 Å². The van der Waals surface area contributed by atoms with Crippen LogP contribution in [0.3, 0.4) is 0 Å². The van der Waals surface area contributed by atoms with Gasteiger partial charge in [0.25, 0.3) is 5.91 Å². The van der Waals surface area contributed by atoms with E-state index < -0.39 is 10.0 Å². The molecule has 2 aromatic rings. The second-order valence-electron chi connectivity index (χ2n) is 5.80. The third kappa shape index (κ3) is 4.02. The van der Waals surface area contributed by atoms with Crippen molar-refractivity contribution in [2.45, 2.75) is 4.90 Å². The maximum Gasteiger partial charge on any atom is 0.255 e. The summed E-state index contributed by atoms with van der Waals surface area (Å²) < 4.78 is 23.6. The summed E-state index contributed by atoms with van der Waals surface area (Å²) in [6.45, 7) is 2.59. The van der Waals surface area contributed by atoms with E-state index in [1.807, 2.05) is 30.3 Å². The standard InChI is InChI=1S/C17H18BrN3O3S/c18-16-7-6-14(25(19,23)24)12-15(16)17(22)21-10-8-20(9-11-21)13-4-2-1-3-5-13/h1-7,12H,8-11H2,(H2,19,23,24). The van der Waals surface area contributed by atoms with Crippen LogP contribution in [0.5, 0.6) is 0 Å². The lowest BCUT2D eigenvalue weighted by Gasteiger charge is -2.36. The number of anilines is 1. The molecule has 1 aliphatic rings. The molecule has 0 aromatic heterocycles. The molecule has 3 rings (SSSR count). The van der Waals surface area contributed by atoms with Gasteiger partial charge in [-0.05, 0) is 46.3 Å². The Labute approximate surface area is 155 Å². The Morgan fingerprint density at radius 3 is 2.24 bits per heavy atom. The van der Waals surface area contributed by atoms with E-state index in [-0.39, 0.29) is 10.8 Å². The Bertz CT molecular complexity index is 879. The number of nitrogens with two attached hydrogens (primary N) is 1. The Balaban J connectivity index is 1.75. The van der Waals surface area contributed by atoms with Crippen LogP contribution in [0.15, 0.2) is 57.9 Å². The van der Waals surface area contributed by atoms with Crippen molar-refractivity contribution < 1.29 is 13.2 Å². The fraction of sp³-hybridized carbons (Fsp3) is 0.235. The molecule has 1 fully saturated rings. The largest absolute Gasteiger partial charge is 0.368 e. The number of para-hydroxylation sites is 1. The molecular weight excluding hydrogens is 406 g/mol. The highest BCUT2D eigenvalue weighted by Gasteiger charge is 2.24. The molecule has 0 bridgehead atoms. The number of rotatable bonds is 3. The van der Waals surface area contributed by atoms with Gasteiger partial charge in [-0.2, -0.15) is 0 Å². The Morgan fingerprint density at radius 2 is 1.64 bits per heavy atom. The summed E-state index contributed by atoms with van der Waals surface area (Å²) in [4.78, 5) is 16.7. The van der Waals surface area contributed by atoms with Gasteiger partial charge in [-0.15, -0.1) is 0 Å². The zero-order valence-corrected chi connectivity index (χ0v) is 15.8. The molecule has 2 aromatic carbocycles. The summed E-state index contributed by atoms with van der Waals surface area (Å²) in [5.41, 5.74) is 1.44. The van der Waals surface area contributed by atoms with Gasteiger partial charge in [-0.25, -0.2) is 13.6 Å². The highest BCUT2D eigenvalue weighted by atomic mass is 79.9. The highest BCUT2D eigenvalue weighted by Crippen LogP contribution is 2.23. The summed E-state index contributed by atoms with van der Waals surface area (Å²) >= 11 is 3.32. The second kappa shape index (κ2) is 7.15. The van der Waals surface area contributed by atoms with Crippen LogP contribution in [0, 0.1) is 0 Å². The first-order chi connectivity index (χ1) is 11.9. The van der Waals surface area contributed by atoms with E-state index in [1.165, 1.54) is 18.2 Å². The fourth-order valence-electron chi connectivity index (χ4n) is 2.82. The maximum atomic E-state index is 12.8. The first-order valence-corrected chi connectivity index (χ1v) is 10.1. The number of hydrogen-bond donors (Lipinski definition) is 1. The first-order valence-electron chi connectivity index (χ1n) is 7.78. The topological polar surface area (TPSA) is 83.7 Å². The third-order valence-electron chi connectivity index (χ3n) is 4.18. The molecule has 132 valence electrons. The number of halogens is 1. The molecule has 0 atom stereocenters. The van der Waals surface area contributed by atoms with Gasteiger partial charge in [0, 0.05) is 36.3 Å². The zero-order chi connectivity index (χ0) is 18.0. The summed E-state index contributed by atoms with van der Waals surface area (Å²) in [5, 5.41) is 5.16. The van der Waals surface area contributed by atoms with Crippen LogP contribution in [-0.2, 0) is 10.0 Å². The van der Waals surface area contributed by atoms with Gasteiger partial charge in [-0.3, -0.25) is 4.79 Å². The molecular formula is C17H18BrN3O3S. The molecule has 2 N–H and O–H groups in total. The average Bonchev–Trinajstić information content (AvgIpc) is 2.61. The minimum atomic E-state index is -3.85. The fourth-order valence-corrected chi connectivity index (χ4v) is 3.78. The van der Waals surface area contributed by atoms with E-state index in [2.05, 4.69) is 20.8 Å². The van der Waals surface area contributed by atoms with Crippen molar-refractivity contribution in [1.82, 2.24) is 4.90 Å². The van der Waals surface area contributed by atoms with E-state index in [0.717, 1.165) is 18.8 Å². The summed E-state index contributed by atoms with van der Waals surface area (Å²) in [7, 11) is -3.85. The van der Waals surface area contributed by atoms with Crippen LogP contribution < -0.4 is 10.0 Å². The Kier molecular flexibility index (Phi) is 5.12. The molecule has 1 aliphatic heterocycles. The van der Waals surface area contributed by atoms with Crippen LogP contribution in [0.1, 0.15) is 10.4 Å². The van der Waals surface area contributed by atoms with Crippen molar-refractivity contribution in [2.75, 3.05) is 31.1 Å². The van der Waals surface area contributed by atoms with Crippen molar-refractivity contribution in [2.24, 2.45) is 5.14 Å². The number of primary sulfonamides is 1. The van der Waals surface area contributed by atoms with Crippen molar-refractivity contribution in [3.8, 4) is 0 Å². The third-order valence-corrected chi connectivity index (χ3v) is 5.79. The van der Waals surface area contributed by atoms with Crippen molar-refractivity contribution in [1.29, 1.82) is 0 Å². The Morgan fingerprint density at radius 1 is 1.00 bits per heavy atom. The van der Waals surface area contributed by atoms with Crippen LogP contribution in [0.25, 0.3) is 0 Å². The predicted molar refractivity (Wildman–Crippen MR) is 100 cm³/mol. The van der Waals surface area contributed by atoms with Crippen LogP contribution in [-0.4, -0.2) is 45.4 Å². The maximum absolute atomic E-state index is 12.8. The summed E-state index contributed by atoms with van der Waals surface area (Å²) in [6, 6.07) is 14.3. The number of carbonyl (C=O) groups is 1. The SMILES string of the molecule is NS(=O)(=O)c1ccc(Br)c(C(=O)N2CCN(c3ccccc3)CC2)c1. The second-order valence-corrected chi connectivity index (χ2v) is 8.22. The van der Waals surface area contributed by atoms with E-state index in [9.17, 15) is 13.2 Å². The number of sulfonamides is 1. The number of hydrogen-bond acceptors (Lipinski definition) is 4. The number of carbonyl (C=O) groups excluding carboxylic acids is 1. The lowest BCUT2D eigenvalue weighted by molar-refractivity contribution is 0.0745. The molecule has 25 heavy (non-hydrogen) atoms. The minimum Gasteiger partial charge on any atom is -0.368 e. The normalized spacial score (nSPS) is 15.3. The van der Waals surface area contributed by atoms with Crippen LogP contribution in [0.4, 0.5) is 5.69 Å². The van der Waals surface area contributed by atoms with Crippen LogP contribution >= 0.6 is 15.9 Å². The monoisotopic (exact) mass is 423 g/mol. The quantitative estimate of drug-likeness (QED) is 0.818. The van der Waals surface area contributed by atoms with Gasteiger partial charge in [0.15, 0.2) is 0 Å². The van der Waals surface area contributed by atoms with Crippen molar-refractivity contribution in [3.05, 3.63) is 58.6 Å². The minimum absolute atomic E-state index is 0.0676. The van der Waals surface area contributed by atoms with E-state index >= 15 is 0 Å². The van der Waals surface area contributed by atoms with Gasteiger partial charge >= 0.3 is 0 Å². The van der Waals surface area contributed by atoms with Gasteiger partial charge in [0.05, 0.1) is 10.5 Å². The summed E-state index contributed by atoms with van der Waals surface area (Å²) in [6.07, 6.45) is 0. The van der Waals surface area contributed by atoms with E-state index in [1.54, 1.807) is 4.90 Å². The number of piperazine rings is 1. The van der Waals surface area contributed by atoms with E-state index in [0.29, 0.717) is 23.1 Å². The predicted octanol–water partition coefficient (Wildman–Crippen LogP) is 2.06. The molecule has 1 saturated heterocycles. The molecule has 0 aliphatic carbocycles. The molecule has 0 unspecified atom stereocenters. The van der Waals surface area contributed by atoms with Crippen molar-refractivity contribution >= 4 is 37.5 Å². The number of benzene rings is 2. The molecule has 0 saturated carbocycles. The number of nitrogens with zero attached hydrogens (tertiary/aromatic N) is 2. The number of amides is 1. The lowest BCUT2D eigenvalue weighted by Crippen LogP contribution is -2.48.